The number of aromatic nitrogens is 2. The average molecular weight is 237 g/mol. The van der Waals surface area contributed by atoms with Crippen LogP contribution in [0.2, 0.25) is 0 Å². The van der Waals surface area contributed by atoms with Crippen molar-refractivity contribution in [3.05, 3.63) is 6.33 Å². The fourth-order valence-electron chi connectivity index (χ4n) is 2.20. The first-order valence-electron chi connectivity index (χ1n) is 6.04. The summed E-state index contributed by atoms with van der Waals surface area (Å²) in [4.78, 5) is 8.20. The number of anilines is 1. The fraction of sp³-hybridized carbons (Fsp3) is 0.667. The second-order valence-electron chi connectivity index (χ2n) is 4.27. The van der Waals surface area contributed by atoms with E-state index in [9.17, 15) is 0 Å². The molecule has 1 N–H and O–H groups in total. The number of methoxy groups -OCH3 is 1. The molecule has 2 rings (SSSR count). The minimum absolute atomic E-state index is 0.527. The van der Waals surface area contributed by atoms with E-state index in [0.717, 1.165) is 6.61 Å². The monoisotopic (exact) mass is 237 g/mol. The first kappa shape index (κ1) is 12.0. The maximum atomic E-state index is 5.74. The van der Waals surface area contributed by atoms with Crippen LogP contribution in [0.15, 0.2) is 6.33 Å². The lowest BCUT2D eigenvalue weighted by atomic mass is 10.1. The lowest BCUT2D eigenvalue weighted by Gasteiger charge is -2.14. The molecule has 1 fully saturated rings. The molecule has 0 radical (unpaired) electrons. The summed E-state index contributed by atoms with van der Waals surface area (Å²) in [5.74, 6) is 2.42. The molecular weight excluding hydrogens is 218 g/mol. The molecular formula is C12H19N3O2. The predicted octanol–water partition coefficient (Wildman–Crippen LogP) is 2.10. The van der Waals surface area contributed by atoms with Crippen molar-refractivity contribution in [1.29, 1.82) is 0 Å². The van der Waals surface area contributed by atoms with E-state index in [0.29, 0.717) is 23.4 Å². The van der Waals surface area contributed by atoms with Gasteiger partial charge < -0.3 is 14.8 Å². The third-order valence-electron chi connectivity index (χ3n) is 3.14. The Kier molecular flexibility index (Phi) is 4.01. The molecule has 1 aliphatic rings. The second kappa shape index (κ2) is 5.70. The van der Waals surface area contributed by atoms with Crippen LogP contribution in [0.1, 0.15) is 25.7 Å². The van der Waals surface area contributed by atoms with Gasteiger partial charge in [0.2, 0.25) is 5.75 Å². The molecule has 0 bridgehead atoms. The molecule has 94 valence electrons. The standard InChI is InChI=1S/C12H19N3O2/c1-13-11-10(16-2)12(15-8-14-11)17-7-9-5-3-4-6-9/h8-9H,3-7H2,1-2H3,(H,13,14,15). The van der Waals surface area contributed by atoms with Gasteiger partial charge in [-0.15, -0.1) is 0 Å². The van der Waals surface area contributed by atoms with Crippen molar-refractivity contribution in [2.24, 2.45) is 5.92 Å². The van der Waals surface area contributed by atoms with Gasteiger partial charge in [-0.2, -0.15) is 4.98 Å². The molecule has 0 aliphatic heterocycles. The van der Waals surface area contributed by atoms with E-state index in [4.69, 9.17) is 9.47 Å². The third kappa shape index (κ3) is 2.78. The maximum absolute atomic E-state index is 5.74. The largest absolute Gasteiger partial charge is 0.489 e. The van der Waals surface area contributed by atoms with Gasteiger partial charge in [0.05, 0.1) is 13.7 Å². The van der Waals surface area contributed by atoms with E-state index in [1.165, 1.54) is 32.0 Å². The Bertz CT molecular complexity index is 365. The molecule has 1 aromatic heterocycles. The van der Waals surface area contributed by atoms with E-state index in [1.54, 1.807) is 14.2 Å². The number of rotatable bonds is 5. The first-order valence-corrected chi connectivity index (χ1v) is 6.04. The van der Waals surface area contributed by atoms with Gasteiger partial charge in [-0.1, -0.05) is 12.8 Å². The SMILES string of the molecule is CNc1ncnc(OCC2CCCC2)c1OC. The van der Waals surface area contributed by atoms with Crippen LogP contribution in [0.4, 0.5) is 5.82 Å². The van der Waals surface area contributed by atoms with Gasteiger partial charge in [0, 0.05) is 7.05 Å². The number of hydrogen-bond acceptors (Lipinski definition) is 5. The molecule has 1 heterocycles. The molecule has 5 heteroatoms. The van der Waals surface area contributed by atoms with Crippen LogP contribution in [0, 0.1) is 5.92 Å². The van der Waals surface area contributed by atoms with E-state index < -0.39 is 0 Å². The summed E-state index contributed by atoms with van der Waals surface area (Å²) in [7, 11) is 3.40. The molecule has 0 amide bonds. The summed E-state index contributed by atoms with van der Waals surface area (Å²) < 4.78 is 11.0. The van der Waals surface area contributed by atoms with Crippen LogP contribution in [-0.2, 0) is 0 Å². The van der Waals surface area contributed by atoms with E-state index >= 15 is 0 Å². The Hall–Kier alpha value is -1.52. The highest BCUT2D eigenvalue weighted by molar-refractivity contribution is 5.54. The maximum Gasteiger partial charge on any atom is 0.262 e. The fourth-order valence-corrected chi connectivity index (χ4v) is 2.20. The zero-order valence-corrected chi connectivity index (χ0v) is 10.4. The van der Waals surface area contributed by atoms with Gasteiger partial charge in [0.1, 0.15) is 6.33 Å². The molecule has 5 nitrogen and oxygen atoms in total. The number of nitrogens with one attached hydrogen (secondary N) is 1. The predicted molar refractivity (Wildman–Crippen MR) is 65.6 cm³/mol. The quantitative estimate of drug-likeness (QED) is 0.849. The highest BCUT2D eigenvalue weighted by Gasteiger charge is 2.18. The van der Waals surface area contributed by atoms with Crippen LogP contribution < -0.4 is 14.8 Å². The van der Waals surface area contributed by atoms with Crippen molar-refractivity contribution in [1.82, 2.24) is 9.97 Å². The summed E-state index contributed by atoms with van der Waals surface area (Å²) in [6.07, 6.45) is 6.63. The lowest BCUT2D eigenvalue weighted by Crippen LogP contribution is -2.10. The summed E-state index contributed by atoms with van der Waals surface area (Å²) >= 11 is 0. The Morgan fingerprint density at radius 2 is 2.12 bits per heavy atom. The summed E-state index contributed by atoms with van der Waals surface area (Å²) in [6, 6.07) is 0. The Balaban J connectivity index is 2.03. The minimum Gasteiger partial charge on any atom is -0.489 e. The molecule has 0 atom stereocenters. The van der Waals surface area contributed by atoms with Crippen molar-refractivity contribution >= 4 is 5.82 Å². The second-order valence-corrected chi connectivity index (χ2v) is 4.27. The van der Waals surface area contributed by atoms with Gasteiger partial charge in [0.15, 0.2) is 5.82 Å². The van der Waals surface area contributed by atoms with Gasteiger partial charge in [-0.05, 0) is 18.8 Å². The Morgan fingerprint density at radius 1 is 1.35 bits per heavy atom. The minimum atomic E-state index is 0.527. The first-order chi connectivity index (χ1) is 8.35. The molecule has 1 aliphatic carbocycles. The summed E-state index contributed by atoms with van der Waals surface area (Å²) in [6.45, 7) is 0.719. The number of ether oxygens (including phenoxy) is 2. The van der Waals surface area contributed by atoms with Crippen molar-refractivity contribution in [2.75, 3.05) is 26.1 Å². The van der Waals surface area contributed by atoms with Crippen molar-refractivity contribution in [2.45, 2.75) is 25.7 Å². The average Bonchev–Trinajstić information content (AvgIpc) is 2.88. The molecule has 0 spiro atoms. The molecule has 1 aromatic rings. The van der Waals surface area contributed by atoms with Gasteiger partial charge >= 0.3 is 0 Å². The Labute approximate surface area is 102 Å². The highest BCUT2D eigenvalue weighted by atomic mass is 16.5. The van der Waals surface area contributed by atoms with Crippen molar-refractivity contribution in [3.8, 4) is 11.6 Å². The zero-order chi connectivity index (χ0) is 12.1. The summed E-state index contributed by atoms with van der Waals surface area (Å²) in [5.41, 5.74) is 0. The van der Waals surface area contributed by atoms with E-state index in [2.05, 4.69) is 15.3 Å². The van der Waals surface area contributed by atoms with Gasteiger partial charge in [-0.25, -0.2) is 4.98 Å². The van der Waals surface area contributed by atoms with E-state index in [-0.39, 0.29) is 0 Å². The van der Waals surface area contributed by atoms with E-state index in [1.807, 2.05) is 0 Å². The Morgan fingerprint density at radius 3 is 2.76 bits per heavy atom. The smallest absolute Gasteiger partial charge is 0.262 e. The number of nitrogens with zero attached hydrogens (tertiary/aromatic N) is 2. The van der Waals surface area contributed by atoms with Crippen LogP contribution in [0.25, 0.3) is 0 Å². The summed E-state index contributed by atoms with van der Waals surface area (Å²) in [5, 5.41) is 2.96. The molecule has 1 saturated carbocycles. The topological polar surface area (TPSA) is 56.3 Å². The molecule has 0 saturated heterocycles. The highest BCUT2D eigenvalue weighted by Crippen LogP contribution is 2.32. The molecule has 0 aromatic carbocycles. The van der Waals surface area contributed by atoms with Crippen molar-refractivity contribution in [3.63, 3.8) is 0 Å². The third-order valence-corrected chi connectivity index (χ3v) is 3.14. The van der Waals surface area contributed by atoms with Crippen molar-refractivity contribution < 1.29 is 9.47 Å². The van der Waals surface area contributed by atoms with Crippen LogP contribution in [0.5, 0.6) is 11.6 Å². The van der Waals surface area contributed by atoms with Crippen LogP contribution in [-0.4, -0.2) is 30.7 Å². The van der Waals surface area contributed by atoms with Crippen LogP contribution >= 0.6 is 0 Å². The normalized spacial score (nSPS) is 15.9. The number of hydrogen-bond donors (Lipinski definition) is 1. The van der Waals surface area contributed by atoms with Gasteiger partial charge in [0.25, 0.3) is 5.88 Å². The molecule has 0 unspecified atom stereocenters. The van der Waals surface area contributed by atoms with Crippen LogP contribution in [0.3, 0.4) is 0 Å². The molecule has 17 heavy (non-hydrogen) atoms. The van der Waals surface area contributed by atoms with Gasteiger partial charge in [-0.3, -0.25) is 0 Å². The zero-order valence-electron chi connectivity index (χ0n) is 10.4. The lowest BCUT2D eigenvalue weighted by molar-refractivity contribution is 0.231.